The number of rotatable bonds is 0. The molecule has 2 heterocycles. The van der Waals surface area contributed by atoms with Crippen LogP contribution in [0, 0.1) is 6.92 Å². The maximum atomic E-state index is 2.56. The van der Waals surface area contributed by atoms with Crippen LogP contribution in [0.2, 0.25) is 0 Å². The first-order valence-electron chi connectivity index (χ1n) is 11.2. The van der Waals surface area contributed by atoms with Crippen molar-refractivity contribution in [3.05, 3.63) is 81.6 Å². The van der Waals surface area contributed by atoms with Gasteiger partial charge in [-0.15, -0.1) is 0 Å². The monoisotopic (exact) mass is 399 g/mol. The summed E-state index contributed by atoms with van der Waals surface area (Å²) in [6, 6.07) is 11.8. The summed E-state index contributed by atoms with van der Waals surface area (Å²) in [5.41, 5.74) is 12.4. The summed E-state index contributed by atoms with van der Waals surface area (Å²) in [5, 5.41) is 0. The van der Waals surface area contributed by atoms with Gasteiger partial charge in [-0.05, 0) is 59.6 Å². The molecule has 0 spiro atoms. The highest BCUT2D eigenvalue weighted by molar-refractivity contribution is 5.86. The van der Waals surface area contributed by atoms with Gasteiger partial charge in [-0.2, -0.15) is 0 Å². The molecule has 0 aromatic heterocycles. The van der Waals surface area contributed by atoms with E-state index in [1.165, 1.54) is 50.5 Å². The zero-order chi connectivity index (χ0) is 22.2. The number of nitrogens with zero attached hydrogens (tertiary/aromatic N) is 1. The van der Waals surface area contributed by atoms with E-state index in [0.29, 0.717) is 0 Å². The Bertz CT molecular complexity index is 1100. The van der Waals surface area contributed by atoms with Crippen LogP contribution in [0.5, 0.6) is 0 Å². The molecule has 158 valence electrons. The highest BCUT2D eigenvalue weighted by atomic mass is 15.2. The van der Waals surface area contributed by atoms with E-state index in [1.54, 1.807) is 0 Å². The fourth-order valence-corrected chi connectivity index (χ4v) is 5.05. The normalized spacial score (nSPS) is 19.2. The van der Waals surface area contributed by atoms with Crippen LogP contribution < -0.4 is 4.90 Å². The van der Waals surface area contributed by atoms with E-state index in [4.69, 9.17) is 0 Å². The zero-order valence-corrected chi connectivity index (χ0v) is 20.5. The quantitative estimate of drug-likeness (QED) is 0.431. The molecule has 0 amide bonds. The molecule has 4 rings (SSSR count). The summed E-state index contributed by atoms with van der Waals surface area (Å²) in [6.45, 7) is 23.3. The van der Waals surface area contributed by atoms with Crippen LogP contribution in [-0.2, 0) is 16.2 Å². The molecule has 1 heteroatoms. The molecule has 0 saturated carbocycles. The zero-order valence-electron chi connectivity index (χ0n) is 20.5. The third kappa shape index (κ3) is 2.89. The first-order valence-corrected chi connectivity index (χ1v) is 11.2. The van der Waals surface area contributed by atoms with Crippen molar-refractivity contribution in [2.45, 2.75) is 85.5 Å². The van der Waals surface area contributed by atoms with Crippen molar-refractivity contribution >= 4 is 11.4 Å². The van der Waals surface area contributed by atoms with Crippen LogP contribution in [0.3, 0.4) is 0 Å². The second-order valence-corrected chi connectivity index (χ2v) is 11.4. The Morgan fingerprint density at radius 2 is 1.43 bits per heavy atom. The van der Waals surface area contributed by atoms with Crippen LogP contribution in [0.4, 0.5) is 11.4 Å². The van der Waals surface area contributed by atoms with Crippen LogP contribution in [-0.4, -0.2) is 0 Å². The Kier molecular flexibility index (Phi) is 4.45. The van der Waals surface area contributed by atoms with E-state index in [1.807, 2.05) is 0 Å². The molecule has 2 aliphatic heterocycles. The minimum atomic E-state index is -0.0592. The Morgan fingerprint density at radius 1 is 0.800 bits per heavy atom. The van der Waals surface area contributed by atoms with Gasteiger partial charge in [0.25, 0.3) is 0 Å². The molecule has 0 N–H and O–H groups in total. The Hall–Kier alpha value is -2.28. The van der Waals surface area contributed by atoms with Gasteiger partial charge in [-0.1, -0.05) is 91.0 Å². The molecule has 0 aliphatic carbocycles. The third-order valence-corrected chi connectivity index (χ3v) is 7.36. The Balaban J connectivity index is 2.24. The predicted octanol–water partition coefficient (Wildman–Crippen LogP) is 8.21. The van der Waals surface area contributed by atoms with Gasteiger partial charge in [0.05, 0.1) is 11.4 Å². The van der Waals surface area contributed by atoms with Crippen molar-refractivity contribution in [1.82, 2.24) is 0 Å². The van der Waals surface area contributed by atoms with Gasteiger partial charge in [-0.3, -0.25) is 0 Å². The largest absolute Gasteiger partial charge is 0.313 e. The van der Waals surface area contributed by atoms with Gasteiger partial charge in [0.2, 0.25) is 0 Å². The minimum Gasteiger partial charge on any atom is -0.313 e. The van der Waals surface area contributed by atoms with Gasteiger partial charge >= 0.3 is 0 Å². The number of anilines is 2. The summed E-state index contributed by atoms with van der Waals surface area (Å²) in [4.78, 5) is 2.56. The minimum absolute atomic E-state index is 0.0537. The van der Waals surface area contributed by atoms with E-state index in [-0.39, 0.29) is 16.2 Å². The highest BCUT2D eigenvalue weighted by Gasteiger charge is 2.42. The van der Waals surface area contributed by atoms with E-state index in [2.05, 4.69) is 117 Å². The number of hydrogen-bond acceptors (Lipinski definition) is 1. The van der Waals surface area contributed by atoms with Gasteiger partial charge in [0.15, 0.2) is 0 Å². The van der Waals surface area contributed by atoms with Gasteiger partial charge in [0.1, 0.15) is 0 Å². The summed E-state index contributed by atoms with van der Waals surface area (Å²) in [5.74, 6) is 0. The first-order chi connectivity index (χ1) is 13.8. The second-order valence-electron chi connectivity index (χ2n) is 11.4. The van der Waals surface area contributed by atoms with Gasteiger partial charge < -0.3 is 4.90 Å². The first kappa shape index (κ1) is 21.0. The molecule has 0 unspecified atom stereocenters. The topological polar surface area (TPSA) is 3.24 Å². The van der Waals surface area contributed by atoms with Gasteiger partial charge in [-0.25, -0.2) is 0 Å². The molecule has 30 heavy (non-hydrogen) atoms. The number of hydrogen-bond donors (Lipinski definition) is 0. The lowest BCUT2D eigenvalue weighted by molar-refractivity contribution is 0.570. The molecule has 0 radical (unpaired) electrons. The van der Waals surface area contributed by atoms with Crippen molar-refractivity contribution in [3.63, 3.8) is 0 Å². The van der Waals surface area contributed by atoms with Crippen molar-refractivity contribution < 1.29 is 0 Å². The molecule has 0 atom stereocenters. The number of benzene rings is 2. The SMILES string of the molecule is CC1=C(C)N2c3c(C)cccc3C(C)(C)c3cc(C(C)(C)C)cc(c32)C(C)(C)C=C1. The average molecular weight is 400 g/mol. The van der Waals surface area contributed by atoms with Crippen molar-refractivity contribution in [1.29, 1.82) is 0 Å². The van der Waals surface area contributed by atoms with Crippen molar-refractivity contribution in [3.8, 4) is 0 Å². The van der Waals surface area contributed by atoms with Crippen LogP contribution in [0.15, 0.2) is 53.8 Å². The molecule has 2 aliphatic rings. The Morgan fingerprint density at radius 3 is 2.07 bits per heavy atom. The fourth-order valence-electron chi connectivity index (χ4n) is 5.05. The maximum absolute atomic E-state index is 2.56. The van der Waals surface area contributed by atoms with Crippen LogP contribution >= 0.6 is 0 Å². The lowest BCUT2D eigenvalue weighted by Crippen LogP contribution is -2.36. The average Bonchev–Trinajstić information content (AvgIpc) is 2.64. The Labute approximate surface area is 183 Å². The summed E-state index contributed by atoms with van der Waals surface area (Å²) in [6.07, 6.45) is 4.71. The van der Waals surface area contributed by atoms with Crippen molar-refractivity contribution in [2.24, 2.45) is 0 Å². The summed E-state index contributed by atoms with van der Waals surface area (Å²) >= 11 is 0. The molecular formula is C29H37N. The molecule has 2 aromatic rings. The maximum Gasteiger partial charge on any atom is 0.0540 e. The van der Waals surface area contributed by atoms with Crippen molar-refractivity contribution in [2.75, 3.05) is 4.90 Å². The third-order valence-electron chi connectivity index (χ3n) is 7.36. The number of para-hydroxylation sites is 1. The summed E-state index contributed by atoms with van der Waals surface area (Å²) in [7, 11) is 0. The number of aryl methyl sites for hydroxylation is 1. The van der Waals surface area contributed by atoms with E-state index in [0.717, 1.165) is 0 Å². The molecule has 2 aromatic carbocycles. The smallest absolute Gasteiger partial charge is 0.0540 e. The van der Waals surface area contributed by atoms with Crippen LogP contribution in [0.25, 0.3) is 0 Å². The van der Waals surface area contributed by atoms with Crippen LogP contribution in [0.1, 0.15) is 90.1 Å². The predicted molar refractivity (Wildman–Crippen MR) is 131 cm³/mol. The molecular weight excluding hydrogens is 362 g/mol. The second kappa shape index (κ2) is 6.36. The molecule has 0 saturated heterocycles. The molecule has 1 nitrogen and oxygen atoms in total. The highest BCUT2D eigenvalue weighted by Crippen LogP contribution is 2.56. The standard InChI is InChI=1S/C29H37N/c1-18-14-15-28(7,8)23-16-21(27(4,5)6)17-24-26(23)30(20(18)3)25-19(2)12-11-13-22(25)29(24,9)10/h11-17H,1-10H3. The number of allylic oxidation sites excluding steroid dienone is 4. The molecule has 0 fully saturated rings. The molecule has 0 bridgehead atoms. The summed E-state index contributed by atoms with van der Waals surface area (Å²) < 4.78 is 0. The lowest BCUT2D eigenvalue weighted by atomic mass is 9.67. The fraction of sp³-hybridized carbons (Fsp3) is 0.448. The van der Waals surface area contributed by atoms with E-state index >= 15 is 0 Å². The van der Waals surface area contributed by atoms with E-state index < -0.39 is 0 Å². The number of fused-ring (bicyclic) bond motifs is 2. The van der Waals surface area contributed by atoms with Gasteiger partial charge in [0, 0.05) is 16.5 Å². The lowest BCUT2D eigenvalue weighted by Gasteiger charge is -2.47. The van der Waals surface area contributed by atoms with E-state index in [9.17, 15) is 0 Å².